The molecule has 0 unspecified atom stereocenters. The van der Waals surface area contributed by atoms with E-state index in [-0.39, 0.29) is 4.99 Å². The molecular weight excluding hydrogens is 444 g/mol. The highest BCUT2D eigenvalue weighted by Gasteiger charge is 2.16. The van der Waals surface area contributed by atoms with Crippen molar-refractivity contribution in [1.29, 1.82) is 0 Å². The molecule has 0 spiro atoms. The number of amides is 2. The van der Waals surface area contributed by atoms with Crippen LogP contribution in [0.25, 0.3) is 22.2 Å². The monoisotopic (exact) mass is 460 g/mol. The molecule has 158 valence electrons. The first-order valence-corrected chi connectivity index (χ1v) is 10.4. The molecule has 32 heavy (non-hydrogen) atoms. The van der Waals surface area contributed by atoms with E-state index in [4.69, 9.17) is 29.6 Å². The second-order valence-corrected chi connectivity index (χ2v) is 7.75. The maximum absolute atomic E-state index is 13.0. The zero-order valence-corrected chi connectivity index (χ0v) is 18.2. The zero-order valence-electron chi connectivity index (χ0n) is 16.6. The van der Waals surface area contributed by atoms with Crippen molar-refractivity contribution < 1.29 is 9.59 Å². The number of nitrogens with two attached hydrogens (primary N) is 1. The van der Waals surface area contributed by atoms with Gasteiger partial charge in [-0.25, -0.2) is 4.98 Å². The van der Waals surface area contributed by atoms with E-state index >= 15 is 0 Å². The standard InChI is InChI=1S/C24H17ClN4O2S/c25-19-7-3-1-6-17(19)21-13-18(16-5-2-4-8-20(16)27-21)24(31)29-28-23(30)15-11-9-14(10-12-15)22(26)32/h1-13H,(H2,26,32)(H,28,30)(H,29,31). The highest BCUT2D eigenvalue weighted by molar-refractivity contribution is 7.80. The van der Waals surface area contributed by atoms with Gasteiger partial charge in [-0.1, -0.05) is 72.3 Å². The summed E-state index contributed by atoms with van der Waals surface area (Å²) < 4.78 is 0. The third-order valence-electron chi connectivity index (χ3n) is 4.83. The first-order chi connectivity index (χ1) is 15.4. The van der Waals surface area contributed by atoms with Crippen LogP contribution in [-0.4, -0.2) is 21.8 Å². The minimum Gasteiger partial charge on any atom is -0.389 e. The van der Waals surface area contributed by atoms with Crippen molar-refractivity contribution in [3.63, 3.8) is 0 Å². The number of carbonyl (C=O) groups is 2. The third-order valence-corrected chi connectivity index (χ3v) is 5.40. The number of para-hydroxylation sites is 1. The van der Waals surface area contributed by atoms with E-state index in [1.165, 1.54) is 0 Å². The molecule has 1 aromatic heterocycles. The number of hydrogen-bond donors (Lipinski definition) is 3. The Morgan fingerprint density at radius 3 is 2.19 bits per heavy atom. The van der Waals surface area contributed by atoms with Gasteiger partial charge in [0.25, 0.3) is 11.8 Å². The summed E-state index contributed by atoms with van der Waals surface area (Å²) in [4.78, 5) is 30.3. The lowest BCUT2D eigenvalue weighted by atomic mass is 10.0. The van der Waals surface area contributed by atoms with Crippen molar-refractivity contribution in [1.82, 2.24) is 15.8 Å². The van der Waals surface area contributed by atoms with Crippen molar-refractivity contribution in [2.45, 2.75) is 0 Å². The first-order valence-electron chi connectivity index (χ1n) is 9.59. The van der Waals surface area contributed by atoms with Gasteiger partial charge in [0.15, 0.2) is 0 Å². The molecule has 0 aliphatic rings. The highest BCUT2D eigenvalue weighted by Crippen LogP contribution is 2.29. The van der Waals surface area contributed by atoms with E-state index < -0.39 is 11.8 Å². The normalized spacial score (nSPS) is 10.5. The van der Waals surface area contributed by atoms with Gasteiger partial charge in [-0.05, 0) is 30.3 Å². The van der Waals surface area contributed by atoms with Gasteiger partial charge in [0, 0.05) is 27.1 Å². The van der Waals surface area contributed by atoms with Crippen LogP contribution in [0.1, 0.15) is 26.3 Å². The van der Waals surface area contributed by atoms with Crippen LogP contribution in [0.5, 0.6) is 0 Å². The maximum Gasteiger partial charge on any atom is 0.270 e. The summed E-state index contributed by atoms with van der Waals surface area (Å²) in [5.74, 6) is -0.956. The Labute approximate surface area is 194 Å². The van der Waals surface area contributed by atoms with Crippen LogP contribution in [0.15, 0.2) is 78.9 Å². The summed E-state index contributed by atoms with van der Waals surface area (Å²) in [5, 5.41) is 1.17. The number of benzene rings is 3. The number of aromatic nitrogens is 1. The molecule has 8 heteroatoms. The molecule has 0 atom stereocenters. The van der Waals surface area contributed by atoms with Crippen LogP contribution in [0.3, 0.4) is 0 Å². The Morgan fingerprint density at radius 1 is 0.844 bits per heavy atom. The quantitative estimate of drug-likeness (QED) is 0.312. The lowest BCUT2D eigenvalue weighted by molar-refractivity contribution is 0.0847. The summed E-state index contributed by atoms with van der Waals surface area (Å²) in [5.41, 5.74) is 13.7. The Bertz CT molecular complexity index is 1360. The van der Waals surface area contributed by atoms with E-state index in [1.807, 2.05) is 36.4 Å². The number of thiocarbonyl (C=S) groups is 1. The molecule has 4 aromatic rings. The summed E-state index contributed by atoms with van der Waals surface area (Å²) >= 11 is 11.2. The molecule has 0 bridgehead atoms. The molecule has 4 N–H and O–H groups in total. The number of hydrazine groups is 1. The Morgan fingerprint density at radius 2 is 1.47 bits per heavy atom. The van der Waals surface area contributed by atoms with Crippen molar-refractivity contribution in [3.8, 4) is 11.3 Å². The number of nitrogens with one attached hydrogen (secondary N) is 2. The van der Waals surface area contributed by atoms with Crippen LogP contribution in [0.2, 0.25) is 5.02 Å². The van der Waals surface area contributed by atoms with E-state index in [0.29, 0.717) is 43.9 Å². The van der Waals surface area contributed by atoms with Gasteiger partial charge >= 0.3 is 0 Å². The molecule has 0 aliphatic carbocycles. The molecular formula is C24H17ClN4O2S. The lowest BCUT2D eigenvalue weighted by Crippen LogP contribution is -2.41. The number of hydrogen-bond acceptors (Lipinski definition) is 4. The summed E-state index contributed by atoms with van der Waals surface area (Å²) in [6.07, 6.45) is 0. The van der Waals surface area contributed by atoms with Gasteiger partial charge in [-0.3, -0.25) is 20.4 Å². The van der Waals surface area contributed by atoms with Crippen molar-refractivity contribution >= 4 is 51.5 Å². The molecule has 2 amide bonds. The van der Waals surface area contributed by atoms with Crippen LogP contribution < -0.4 is 16.6 Å². The number of fused-ring (bicyclic) bond motifs is 1. The van der Waals surface area contributed by atoms with Gasteiger partial charge in [0.2, 0.25) is 0 Å². The van der Waals surface area contributed by atoms with Crippen LogP contribution >= 0.6 is 23.8 Å². The van der Waals surface area contributed by atoms with Crippen LogP contribution in [0.4, 0.5) is 0 Å². The average Bonchev–Trinajstić information content (AvgIpc) is 2.82. The van der Waals surface area contributed by atoms with Crippen molar-refractivity contribution in [3.05, 3.63) is 101 Å². The fourth-order valence-corrected chi connectivity index (χ4v) is 3.58. The largest absolute Gasteiger partial charge is 0.389 e. The fraction of sp³-hybridized carbons (Fsp3) is 0. The van der Waals surface area contributed by atoms with E-state index in [2.05, 4.69) is 15.8 Å². The maximum atomic E-state index is 13.0. The SMILES string of the molecule is NC(=S)c1ccc(C(=O)NNC(=O)c2cc(-c3ccccc3Cl)nc3ccccc23)cc1. The minimum absolute atomic E-state index is 0.240. The smallest absolute Gasteiger partial charge is 0.270 e. The van der Waals surface area contributed by atoms with Gasteiger partial charge in [-0.2, -0.15) is 0 Å². The number of nitrogens with zero attached hydrogens (tertiary/aromatic N) is 1. The van der Waals surface area contributed by atoms with Gasteiger partial charge in [-0.15, -0.1) is 0 Å². The second kappa shape index (κ2) is 9.13. The topological polar surface area (TPSA) is 97.1 Å². The molecule has 0 saturated heterocycles. The first kappa shape index (κ1) is 21.4. The van der Waals surface area contributed by atoms with Gasteiger partial charge < -0.3 is 5.73 Å². The van der Waals surface area contributed by atoms with Crippen LogP contribution in [0, 0.1) is 0 Å². The third kappa shape index (κ3) is 4.44. The fourth-order valence-electron chi connectivity index (χ4n) is 3.21. The van der Waals surface area contributed by atoms with Crippen LogP contribution in [-0.2, 0) is 0 Å². The molecule has 0 radical (unpaired) electrons. The highest BCUT2D eigenvalue weighted by atomic mass is 35.5. The van der Waals surface area contributed by atoms with E-state index in [0.717, 1.165) is 0 Å². The molecule has 3 aromatic carbocycles. The van der Waals surface area contributed by atoms with E-state index in [9.17, 15) is 9.59 Å². The molecule has 4 rings (SSSR count). The number of halogens is 1. The summed E-state index contributed by atoms with van der Waals surface area (Å²) in [6.45, 7) is 0. The van der Waals surface area contributed by atoms with Crippen molar-refractivity contribution in [2.24, 2.45) is 5.73 Å². The van der Waals surface area contributed by atoms with Gasteiger partial charge in [0.05, 0.1) is 16.8 Å². The molecule has 0 aliphatic heterocycles. The Balaban J connectivity index is 1.61. The molecule has 0 saturated carbocycles. The van der Waals surface area contributed by atoms with E-state index in [1.54, 1.807) is 42.5 Å². The molecule has 0 fully saturated rings. The lowest BCUT2D eigenvalue weighted by Gasteiger charge is -2.12. The summed E-state index contributed by atoms with van der Waals surface area (Å²) in [7, 11) is 0. The average molecular weight is 461 g/mol. The number of carbonyl (C=O) groups excluding carboxylic acids is 2. The second-order valence-electron chi connectivity index (χ2n) is 6.90. The number of pyridine rings is 1. The summed E-state index contributed by atoms with van der Waals surface area (Å²) in [6, 6.07) is 22.6. The predicted octanol–water partition coefficient (Wildman–Crippen LogP) is 4.26. The Hall–Kier alpha value is -3.81. The van der Waals surface area contributed by atoms with Gasteiger partial charge in [0.1, 0.15) is 4.99 Å². The zero-order chi connectivity index (χ0) is 22.7. The Kier molecular flexibility index (Phi) is 6.11. The van der Waals surface area contributed by atoms with Crippen molar-refractivity contribution in [2.75, 3.05) is 0 Å². The predicted molar refractivity (Wildman–Crippen MR) is 129 cm³/mol. The minimum atomic E-state index is -0.481. The molecule has 1 heterocycles. The molecule has 6 nitrogen and oxygen atoms in total. The number of rotatable bonds is 4.